The first-order chi connectivity index (χ1) is 9.43. The molecule has 1 rings (SSSR count). The number of carbonyl (C=O) groups excluding carboxylic acids is 2. The summed E-state index contributed by atoms with van der Waals surface area (Å²) in [6, 6.07) is 0.239. The second kappa shape index (κ2) is 8.12. The highest BCUT2D eigenvalue weighted by Crippen LogP contribution is 2.16. The molecule has 0 aromatic heterocycles. The Balaban J connectivity index is 2.38. The van der Waals surface area contributed by atoms with Gasteiger partial charge in [-0.25, -0.2) is 4.79 Å². The Kier molecular flexibility index (Phi) is 6.82. The Morgan fingerprint density at radius 2 is 2.00 bits per heavy atom. The van der Waals surface area contributed by atoms with Gasteiger partial charge >= 0.3 is 6.03 Å². The molecule has 0 aliphatic carbocycles. The third kappa shape index (κ3) is 5.39. The molecule has 20 heavy (non-hydrogen) atoms. The molecule has 2 atom stereocenters. The van der Waals surface area contributed by atoms with Crippen LogP contribution in [0.25, 0.3) is 0 Å². The molecule has 0 spiro atoms. The third-order valence-corrected chi connectivity index (χ3v) is 3.88. The fraction of sp³-hybridized carbons (Fsp3) is 0.867. The molecular weight excluding hydrogens is 254 g/mol. The molecule has 0 saturated carbocycles. The lowest BCUT2D eigenvalue weighted by Crippen LogP contribution is -2.49. The van der Waals surface area contributed by atoms with Crippen molar-refractivity contribution >= 4 is 11.9 Å². The number of amides is 3. The van der Waals surface area contributed by atoms with Gasteiger partial charge in [-0.05, 0) is 32.1 Å². The summed E-state index contributed by atoms with van der Waals surface area (Å²) < 4.78 is 0. The number of hydrogen-bond acceptors (Lipinski definition) is 2. The highest BCUT2D eigenvalue weighted by atomic mass is 16.2. The quantitative estimate of drug-likeness (QED) is 0.810. The normalized spacial score (nSPS) is 20.6. The van der Waals surface area contributed by atoms with E-state index < -0.39 is 0 Å². The molecule has 1 fully saturated rings. The van der Waals surface area contributed by atoms with E-state index in [4.69, 9.17) is 0 Å². The van der Waals surface area contributed by atoms with Crippen LogP contribution < -0.4 is 10.6 Å². The second-order valence-electron chi connectivity index (χ2n) is 6.11. The largest absolute Gasteiger partial charge is 0.356 e. The minimum absolute atomic E-state index is 0.0170. The fourth-order valence-corrected chi connectivity index (χ4v) is 2.27. The fourth-order valence-electron chi connectivity index (χ4n) is 2.27. The van der Waals surface area contributed by atoms with Gasteiger partial charge in [0.05, 0.1) is 0 Å². The van der Waals surface area contributed by atoms with Gasteiger partial charge in [-0.1, -0.05) is 20.8 Å². The lowest BCUT2D eigenvalue weighted by molar-refractivity contribution is -0.124. The molecule has 0 bridgehead atoms. The van der Waals surface area contributed by atoms with Crippen LogP contribution >= 0.6 is 0 Å². The summed E-state index contributed by atoms with van der Waals surface area (Å²) >= 11 is 0. The zero-order valence-electron chi connectivity index (χ0n) is 13.2. The van der Waals surface area contributed by atoms with Crippen molar-refractivity contribution in [3.8, 4) is 0 Å². The van der Waals surface area contributed by atoms with E-state index in [2.05, 4.69) is 17.6 Å². The monoisotopic (exact) mass is 283 g/mol. The second-order valence-corrected chi connectivity index (χ2v) is 6.11. The maximum absolute atomic E-state index is 12.1. The lowest BCUT2D eigenvalue weighted by Gasteiger charge is -2.33. The minimum atomic E-state index is 0.0170. The van der Waals surface area contributed by atoms with Gasteiger partial charge in [-0.15, -0.1) is 0 Å². The van der Waals surface area contributed by atoms with Crippen LogP contribution in [0.3, 0.4) is 0 Å². The number of carbonyl (C=O) groups is 2. The highest BCUT2D eigenvalue weighted by Gasteiger charge is 2.24. The van der Waals surface area contributed by atoms with E-state index >= 15 is 0 Å². The molecule has 2 unspecified atom stereocenters. The van der Waals surface area contributed by atoms with E-state index in [1.54, 1.807) is 0 Å². The van der Waals surface area contributed by atoms with Gasteiger partial charge in [0.15, 0.2) is 0 Å². The van der Waals surface area contributed by atoms with Crippen molar-refractivity contribution < 1.29 is 9.59 Å². The molecule has 5 nitrogen and oxygen atoms in total. The average molecular weight is 283 g/mol. The average Bonchev–Trinajstić information content (AvgIpc) is 2.44. The van der Waals surface area contributed by atoms with Gasteiger partial charge in [0.25, 0.3) is 0 Å². The molecule has 116 valence electrons. The Morgan fingerprint density at radius 3 is 2.60 bits per heavy atom. The van der Waals surface area contributed by atoms with Crippen LogP contribution in [0.2, 0.25) is 0 Å². The molecule has 1 aliphatic heterocycles. The van der Waals surface area contributed by atoms with Gasteiger partial charge in [-0.2, -0.15) is 0 Å². The first-order valence-electron chi connectivity index (χ1n) is 7.77. The van der Waals surface area contributed by atoms with Gasteiger partial charge in [0, 0.05) is 31.6 Å². The third-order valence-electron chi connectivity index (χ3n) is 3.88. The van der Waals surface area contributed by atoms with Crippen molar-refractivity contribution in [2.45, 2.75) is 53.0 Å². The lowest BCUT2D eigenvalue weighted by atomic mass is 9.98. The summed E-state index contributed by atoms with van der Waals surface area (Å²) in [6.45, 7) is 10.1. The Morgan fingerprint density at radius 1 is 1.30 bits per heavy atom. The predicted molar refractivity (Wildman–Crippen MR) is 80.4 cm³/mol. The zero-order valence-corrected chi connectivity index (χ0v) is 13.2. The van der Waals surface area contributed by atoms with Gasteiger partial charge in [-0.3, -0.25) is 4.79 Å². The molecular formula is C15H29N3O2. The maximum Gasteiger partial charge on any atom is 0.317 e. The van der Waals surface area contributed by atoms with Crippen LogP contribution in [0.5, 0.6) is 0 Å². The van der Waals surface area contributed by atoms with Gasteiger partial charge in [0.1, 0.15) is 0 Å². The summed E-state index contributed by atoms with van der Waals surface area (Å²) in [6.07, 6.45) is 3.02. The SMILES string of the molecule is CCC(C)NC(=O)N1CCCC(CNC(=O)C(C)C)C1. The smallest absolute Gasteiger partial charge is 0.317 e. The summed E-state index contributed by atoms with van der Waals surface area (Å²) in [5.41, 5.74) is 0. The van der Waals surface area contributed by atoms with Gasteiger partial charge < -0.3 is 15.5 Å². The number of nitrogens with one attached hydrogen (secondary N) is 2. The van der Waals surface area contributed by atoms with Crippen molar-refractivity contribution in [2.24, 2.45) is 11.8 Å². The molecule has 2 N–H and O–H groups in total. The van der Waals surface area contributed by atoms with Crippen molar-refractivity contribution in [1.82, 2.24) is 15.5 Å². The van der Waals surface area contributed by atoms with Crippen LogP contribution in [-0.4, -0.2) is 42.5 Å². The molecule has 0 aromatic carbocycles. The first kappa shape index (κ1) is 16.8. The van der Waals surface area contributed by atoms with Crippen LogP contribution in [0, 0.1) is 11.8 Å². The Labute approximate surface area is 122 Å². The molecule has 0 radical (unpaired) electrons. The van der Waals surface area contributed by atoms with Crippen molar-refractivity contribution in [3.05, 3.63) is 0 Å². The molecule has 0 aromatic rings. The molecule has 1 aliphatic rings. The highest BCUT2D eigenvalue weighted by molar-refractivity contribution is 5.77. The number of piperidine rings is 1. The summed E-state index contributed by atoms with van der Waals surface area (Å²) in [5, 5.41) is 5.97. The number of nitrogens with zero attached hydrogens (tertiary/aromatic N) is 1. The molecule has 3 amide bonds. The predicted octanol–water partition coefficient (Wildman–Crippen LogP) is 1.98. The number of hydrogen-bond donors (Lipinski definition) is 2. The van der Waals surface area contributed by atoms with E-state index in [0.717, 1.165) is 32.4 Å². The Bertz CT molecular complexity index is 331. The van der Waals surface area contributed by atoms with E-state index in [-0.39, 0.29) is 23.9 Å². The van der Waals surface area contributed by atoms with Crippen molar-refractivity contribution in [1.29, 1.82) is 0 Å². The topological polar surface area (TPSA) is 61.4 Å². The summed E-state index contributed by atoms with van der Waals surface area (Å²) in [5.74, 6) is 0.476. The van der Waals surface area contributed by atoms with Crippen molar-refractivity contribution in [3.63, 3.8) is 0 Å². The van der Waals surface area contributed by atoms with Crippen LogP contribution in [0.15, 0.2) is 0 Å². The van der Waals surface area contributed by atoms with Crippen LogP contribution in [-0.2, 0) is 4.79 Å². The van der Waals surface area contributed by atoms with Gasteiger partial charge in [0.2, 0.25) is 5.91 Å². The van der Waals surface area contributed by atoms with E-state index in [1.807, 2.05) is 25.7 Å². The van der Waals surface area contributed by atoms with Crippen molar-refractivity contribution in [2.75, 3.05) is 19.6 Å². The summed E-state index contributed by atoms with van der Waals surface area (Å²) in [4.78, 5) is 25.5. The number of likely N-dealkylation sites (tertiary alicyclic amines) is 1. The minimum Gasteiger partial charge on any atom is -0.356 e. The number of urea groups is 1. The molecule has 1 heterocycles. The molecule has 1 saturated heterocycles. The standard InChI is InChI=1S/C15H29N3O2/c1-5-12(4)17-15(20)18-8-6-7-13(10-18)9-16-14(19)11(2)3/h11-13H,5-10H2,1-4H3,(H,16,19)(H,17,20). The summed E-state index contributed by atoms with van der Waals surface area (Å²) in [7, 11) is 0. The maximum atomic E-state index is 12.1. The van der Waals surface area contributed by atoms with Crippen LogP contribution in [0.1, 0.15) is 47.0 Å². The van der Waals surface area contributed by atoms with Crippen LogP contribution in [0.4, 0.5) is 4.79 Å². The Hall–Kier alpha value is -1.26. The van der Waals surface area contributed by atoms with E-state index in [1.165, 1.54) is 0 Å². The number of rotatable bonds is 5. The molecule has 5 heteroatoms. The van der Waals surface area contributed by atoms with E-state index in [9.17, 15) is 9.59 Å². The zero-order chi connectivity index (χ0) is 15.1. The first-order valence-corrected chi connectivity index (χ1v) is 7.77. The van der Waals surface area contributed by atoms with E-state index in [0.29, 0.717) is 12.5 Å².